The minimum absolute atomic E-state index is 0.132. The third-order valence-electron chi connectivity index (χ3n) is 5.46. The zero-order valence-corrected chi connectivity index (χ0v) is 19.4. The van der Waals surface area contributed by atoms with Gasteiger partial charge in [0.2, 0.25) is 5.91 Å². The van der Waals surface area contributed by atoms with E-state index < -0.39 is 11.7 Å². The lowest BCUT2D eigenvalue weighted by molar-refractivity contribution is -0.137. The third kappa shape index (κ3) is 6.17. The molecule has 0 unspecified atom stereocenters. The number of aromatic nitrogens is 1. The second kappa shape index (κ2) is 10.3. The van der Waals surface area contributed by atoms with Crippen LogP contribution in [-0.4, -0.2) is 42.0 Å². The fourth-order valence-corrected chi connectivity index (χ4v) is 4.27. The molecule has 34 heavy (non-hydrogen) atoms. The van der Waals surface area contributed by atoms with Crippen LogP contribution in [0.4, 0.5) is 18.9 Å². The van der Waals surface area contributed by atoms with Crippen LogP contribution in [0.1, 0.15) is 21.8 Å². The summed E-state index contributed by atoms with van der Waals surface area (Å²) in [7, 11) is 0. The smallest absolute Gasteiger partial charge is 0.416 e. The second-order valence-electron chi connectivity index (χ2n) is 7.91. The van der Waals surface area contributed by atoms with Crippen LogP contribution >= 0.6 is 11.3 Å². The first-order chi connectivity index (χ1) is 16.3. The monoisotopic (exact) mass is 487 g/mol. The SMILES string of the molecule is Cc1nc(COc2cccc(/C=C/C(=O)N3CCN(c4cccc(C(F)(F)F)c4)CC3)c2)cs1. The summed E-state index contributed by atoms with van der Waals surface area (Å²) >= 11 is 1.58. The number of carbonyl (C=O) groups is 1. The Bertz CT molecular complexity index is 1170. The van der Waals surface area contributed by atoms with Crippen molar-refractivity contribution in [2.45, 2.75) is 19.7 Å². The maximum absolute atomic E-state index is 13.0. The van der Waals surface area contributed by atoms with Gasteiger partial charge in [0.25, 0.3) is 0 Å². The van der Waals surface area contributed by atoms with Gasteiger partial charge in [-0.2, -0.15) is 13.2 Å². The summed E-state index contributed by atoms with van der Waals surface area (Å²) < 4.78 is 44.7. The molecule has 178 valence electrons. The van der Waals surface area contributed by atoms with Crippen LogP contribution in [0.5, 0.6) is 5.75 Å². The number of hydrogen-bond donors (Lipinski definition) is 0. The van der Waals surface area contributed by atoms with Gasteiger partial charge in [0, 0.05) is 43.3 Å². The number of piperazine rings is 1. The van der Waals surface area contributed by atoms with Crippen LogP contribution in [-0.2, 0) is 17.6 Å². The molecule has 2 aromatic carbocycles. The number of thiazole rings is 1. The number of halogens is 3. The van der Waals surface area contributed by atoms with E-state index in [2.05, 4.69) is 4.98 Å². The molecule has 1 aliphatic heterocycles. The molecule has 4 rings (SSSR count). The summed E-state index contributed by atoms with van der Waals surface area (Å²) in [5.74, 6) is 0.558. The Hall–Kier alpha value is -3.33. The summed E-state index contributed by atoms with van der Waals surface area (Å²) in [4.78, 5) is 20.6. The normalized spacial score (nSPS) is 14.6. The molecule has 0 saturated carbocycles. The molecule has 1 fully saturated rings. The summed E-state index contributed by atoms with van der Waals surface area (Å²) in [6.07, 6.45) is -1.12. The van der Waals surface area contributed by atoms with Gasteiger partial charge in [-0.3, -0.25) is 4.79 Å². The van der Waals surface area contributed by atoms with E-state index in [-0.39, 0.29) is 5.91 Å². The minimum atomic E-state index is -4.37. The molecule has 0 bridgehead atoms. The Kier molecular flexibility index (Phi) is 7.21. The van der Waals surface area contributed by atoms with Crippen molar-refractivity contribution in [1.29, 1.82) is 0 Å². The number of ether oxygens (including phenoxy) is 1. The van der Waals surface area contributed by atoms with Crippen LogP contribution in [0.25, 0.3) is 6.08 Å². The maximum atomic E-state index is 13.0. The molecule has 5 nitrogen and oxygen atoms in total. The molecule has 1 aromatic heterocycles. The highest BCUT2D eigenvalue weighted by Crippen LogP contribution is 2.32. The lowest BCUT2D eigenvalue weighted by Gasteiger charge is -2.35. The average molecular weight is 488 g/mol. The van der Waals surface area contributed by atoms with E-state index in [1.165, 1.54) is 12.1 Å². The van der Waals surface area contributed by atoms with E-state index in [9.17, 15) is 18.0 Å². The summed E-state index contributed by atoms with van der Waals surface area (Å²) in [5, 5.41) is 2.95. The largest absolute Gasteiger partial charge is 0.487 e. The fraction of sp³-hybridized carbons (Fsp3) is 0.280. The Balaban J connectivity index is 1.30. The number of alkyl halides is 3. The second-order valence-corrected chi connectivity index (χ2v) is 8.98. The first kappa shape index (κ1) is 23.8. The highest BCUT2D eigenvalue weighted by atomic mass is 32.1. The Labute approximate surface area is 200 Å². The fourth-order valence-electron chi connectivity index (χ4n) is 3.68. The molecule has 1 amide bonds. The van der Waals surface area contributed by atoms with Crippen LogP contribution in [0.2, 0.25) is 0 Å². The minimum Gasteiger partial charge on any atom is -0.487 e. The topological polar surface area (TPSA) is 45.7 Å². The van der Waals surface area contributed by atoms with Gasteiger partial charge < -0.3 is 14.5 Å². The number of rotatable bonds is 6. The highest BCUT2D eigenvalue weighted by Gasteiger charge is 2.31. The predicted molar refractivity (Wildman–Crippen MR) is 127 cm³/mol. The van der Waals surface area contributed by atoms with Crippen molar-refractivity contribution in [3.05, 3.63) is 81.8 Å². The van der Waals surface area contributed by atoms with Crippen LogP contribution < -0.4 is 9.64 Å². The molecule has 0 N–H and O–H groups in total. The predicted octanol–water partition coefficient (Wildman–Crippen LogP) is 5.41. The molecule has 0 atom stereocenters. The van der Waals surface area contributed by atoms with E-state index >= 15 is 0 Å². The Morgan fingerprint density at radius 1 is 1.12 bits per heavy atom. The summed E-state index contributed by atoms with van der Waals surface area (Å²) in [6.45, 7) is 4.15. The molecular formula is C25H24F3N3O2S. The van der Waals surface area contributed by atoms with Crippen LogP contribution in [0.3, 0.4) is 0 Å². The number of nitrogens with zero attached hydrogens (tertiary/aromatic N) is 3. The van der Waals surface area contributed by atoms with Gasteiger partial charge in [-0.1, -0.05) is 18.2 Å². The van der Waals surface area contributed by atoms with Crippen molar-refractivity contribution < 1.29 is 22.7 Å². The first-order valence-corrected chi connectivity index (χ1v) is 11.7. The molecular weight excluding hydrogens is 463 g/mol. The van der Waals surface area contributed by atoms with E-state index in [1.54, 1.807) is 28.4 Å². The number of benzene rings is 2. The third-order valence-corrected chi connectivity index (χ3v) is 6.28. The van der Waals surface area contributed by atoms with E-state index in [1.807, 2.05) is 41.5 Å². The van der Waals surface area contributed by atoms with Crippen molar-refractivity contribution in [2.24, 2.45) is 0 Å². The number of aryl methyl sites for hydroxylation is 1. The van der Waals surface area contributed by atoms with Gasteiger partial charge in [-0.05, 0) is 48.9 Å². The quantitative estimate of drug-likeness (QED) is 0.436. The van der Waals surface area contributed by atoms with Gasteiger partial charge in [-0.25, -0.2) is 4.98 Å². The van der Waals surface area contributed by atoms with Gasteiger partial charge in [0.1, 0.15) is 12.4 Å². The molecule has 2 heterocycles. The molecule has 0 radical (unpaired) electrons. The lowest BCUT2D eigenvalue weighted by Crippen LogP contribution is -2.48. The van der Waals surface area contributed by atoms with E-state index in [0.717, 1.165) is 28.4 Å². The number of carbonyl (C=O) groups excluding carboxylic acids is 1. The lowest BCUT2D eigenvalue weighted by atomic mass is 10.1. The highest BCUT2D eigenvalue weighted by molar-refractivity contribution is 7.09. The zero-order chi connectivity index (χ0) is 24.1. The van der Waals surface area contributed by atoms with Gasteiger partial charge in [-0.15, -0.1) is 11.3 Å². The number of amides is 1. The maximum Gasteiger partial charge on any atom is 0.416 e. The van der Waals surface area contributed by atoms with Gasteiger partial charge >= 0.3 is 6.18 Å². The van der Waals surface area contributed by atoms with Crippen molar-refractivity contribution in [1.82, 2.24) is 9.88 Å². The van der Waals surface area contributed by atoms with Gasteiger partial charge in [0.05, 0.1) is 16.3 Å². The summed E-state index contributed by atoms with van der Waals surface area (Å²) in [5.41, 5.74) is 1.56. The number of hydrogen-bond acceptors (Lipinski definition) is 5. The van der Waals surface area contributed by atoms with Crippen LogP contribution in [0, 0.1) is 6.92 Å². The summed E-state index contributed by atoms with van der Waals surface area (Å²) in [6, 6.07) is 12.7. The number of anilines is 1. The molecule has 3 aromatic rings. The van der Waals surface area contributed by atoms with Crippen molar-refractivity contribution in [3.63, 3.8) is 0 Å². The zero-order valence-electron chi connectivity index (χ0n) is 18.6. The van der Waals surface area contributed by atoms with Crippen molar-refractivity contribution in [3.8, 4) is 5.75 Å². The Morgan fingerprint density at radius 3 is 2.59 bits per heavy atom. The van der Waals surface area contributed by atoms with Gasteiger partial charge in [0.15, 0.2) is 0 Å². The molecule has 0 aliphatic carbocycles. The molecule has 9 heteroatoms. The molecule has 1 saturated heterocycles. The van der Waals surface area contributed by atoms with Crippen molar-refractivity contribution >= 4 is 29.0 Å². The van der Waals surface area contributed by atoms with E-state index in [4.69, 9.17) is 4.74 Å². The van der Waals surface area contributed by atoms with E-state index in [0.29, 0.717) is 44.2 Å². The Morgan fingerprint density at radius 2 is 1.88 bits per heavy atom. The standard InChI is InChI=1S/C25H24F3N3O2S/c1-18-29-21(17-34-18)16-33-23-7-2-4-19(14-23)8-9-24(32)31-12-10-30(11-13-31)22-6-3-5-20(15-22)25(26,27)28/h2-9,14-15,17H,10-13,16H2,1H3/b9-8+. The van der Waals surface area contributed by atoms with Crippen LogP contribution in [0.15, 0.2) is 60.0 Å². The molecule has 0 spiro atoms. The molecule has 1 aliphatic rings. The van der Waals surface area contributed by atoms with Crippen molar-refractivity contribution in [2.75, 3.05) is 31.1 Å². The first-order valence-electron chi connectivity index (χ1n) is 10.8. The average Bonchev–Trinajstić information content (AvgIpc) is 3.26.